The lowest BCUT2D eigenvalue weighted by Crippen LogP contribution is -2.47. The molecular weight excluding hydrogens is 222 g/mol. The van der Waals surface area contributed by atoms with Crippen molar-refractivity contribution in [2.45, 2.75) is 85.5 Å². The maximum absolute atomic E-state index is 6.42. The predicted molar refractivity (Wildman–Crippen MR) is 78.6 cm³/mol. The van der Waals surface area contributed by atoms with E-state index in [0.717, 1.165) is 18.3 Å². The van der Waals surface area contributed by atoms with Crippen LogP contribution in [0.4, 0.5) is 0 Å². The highest BCUT2D eigenvalue weighted by Crippen LogP contribution is 2.34. The number of rotatable bonds is 4. The molecule has 0 heterocycles. The van der Waals surface area contributed by atoms with E-state index in [2.05, 4.69) is 41.5 Å². The number of nitrogens with two attached hydrogens (primary N) is 1. The Morgan fingerprint density at radius 1 is 1.11 bits per heavy atom. The molecule has 4 atom stereocenters. The molecule has 2 heteroatoms. The second kappa shape index (κ2) is 6.38. The minimum absolute atomic E-state index is 0.124. The summed E-state index contributed by atoms with van der Waals surface area (Å²) in [6.45, 7) is 13.6. The first kappa shape index (κ1) is 16.0. The summed E-state index contributed by atoms with van der Waals surface area (Å²) in [6, 6.07) is 0.150. The average Bonchev–Trinajstić information content (AvgIpc) is 2.22. The monoisotopic (exact) mass is 255 g/mol. The fraction of sp³-hybridized carbons (Fsp3) is 1.00. The Morgan fingerprint density at radius 3 is 2.00 bits per heavy atom. The van der Waals surface area contributed by atoms with Gasteiger partial charge in [0.15, 0.2) is 0 Å². The van der Waals surface area contributed by atoms with E-state index in [0.29, 0.717) is 6.10 Å². The number of hydrogen-bond donors (Lipinski definition) is 1. The van der Waals surface area contributed by atoms with Gasteiger partial charge in [-0.25, -0.2) is 0 Å². The first-order chi connectivity index (χ1) is 8.24. The number of ether oxygens (including phenoxy) is 1. The lowest BCUT2D eigenvalue weighted by atomic mass is 9.80. The molecule has 1 aliphatic carbocycles. The minimum atomic E-state index is 0.124. The Morgan fingerprint density at radius 2 is 1.61 bits per heavy atom. The van der Waals surface area contributed by atoms with Gasteiger partial charge in [0, 0.05) is 6.04 Å². The molecule has 0 bridgehead atoms. The highest BCUT2D eigenvalue weighted by atomic mass is 16.5. The summed E-state index contributed by atoms with van der Waals surface area (Å²) < 4.78 is 6.42. The van der Waals surface area contributed by atoms with Crippen LogP contribution in [0.5, 0.6) is 0 Å². The zero-order valence-corrected chi connectivity index (χ0v) is 13.2. The van der Waals surface area contributed by atoms with Gasteiger partial charge >= 0.3 is 0 Å². The van der Waals surface area contributed by atoms with Crippen molar-refractivity contribution in [2.75, 3.05) is 0 Å². The summed E-state index contributed by atoms with van der Waals surface area (Å²) in [5.74, 6) is 1.58. The summed E-state index contributed by atoms with van der Waals surface area (Å²) in [5.41, 5.74) is 6.39. The van der Waals surface area contributed by atoms with Crippen LogP contribution in [0.15, 0.2) is 0 Å². The zero-order valence-electron chi connectivity index (χ0n) is 13.2. The van der Waals surface area contributed by atoms with Crippen LogP contribution in [-0.4, -0.2) is 18.2 Å². The summed E-state index contributed by atoms with van der Waals surface area (Å²) >= 11 is 0. The van der Waals surface area contributed by atoms with E-state index in [4.69, 9.17) is 10.5 Å². The van der Waals surface area contributed by atoms with E-state index < -0.39 is 0 Å². The third-order valence-corrected chi connectivity index (χ3v) is 4.19. The van der Waals surface area contributed by atoms with Crippen molar-refractivity contribution in [1.82, 2.24) is 0 Å². The zero-order chi connectivity index (χ0) is 13.9. The first-order valence-electron chi connectivity index (χ1n) is 7.65. The fourth-order valence-electron chi connectivity index (χ4n) is 3.35. The van der Waals surface area contributed by atoms with Crippen LogP contribution in [0.25, 0.3) is 0 Å². The fourth-order valence-corrected chi connectivity index (χ4v) is 3.35. The van der Waals surface area contributed by atoms with Gasteiger partial charge in [0.2, 0.25) is 0 Å². The van der Waals surface area contributed by atoms with Crippen molar-refractivity contribution in [2.24, 2.45) is 23.0 Å². The molecule has 2 N–H and O–H groups in total. The quantitative estimate of drug-likeness (QED) is 0.824. The smallest absolute Gasteiger partial charge is 0.0777 e. The minimum Gasteiger partial charge on any atom is -0.373 e. The van der Waals surface area contributed by atoms with E-state index in [1.165, 1.54) is 19.3 Å². The maximum Gasteiger partial charge on any atom is 0.0777 e. The Balaban J connectivity index is 2.65. The van der Waals surface area contributed by atoms with Gasteiger partial charge in [-0.2, -0.15) is 0 Å². The summed E-state index contributed by atoms with van der Waals surface area (Å²) in [5, 5.41) is 0. The van der Waals surface area contributed by atoms with Crippen molar-refractivity contribution in [3.8, 4) is 0 Å². The van der Waals surface area contributed by atoms with Crippen LogP contribution in [0.1, 0.15) is 67.2 Å². The molecule has 2 nitrogen and oxygen atoms in total. The second-order valence-corrected chi connectivity index (χ2v) is 7.53. The Labute approximate surface area is 114 Å². The van der Waals surface area contributed by atoms with E-state index >= 15 is 0 Å². The molecule has 0 aromatic heterocycles. The van der Waals surface area contributed by atoms with Crippen molar-refractivity contribution < 1.29 is 4.74 Å². The molecule has 0 aromatic rings. The Bertz CT molecular complexity index is 236. The van der Waals surface area contributed by atoms with E-state index in [1.54, 1.807) is 0 Å². The van der Waals surface area contributed by atoms with E-state index in [1.807, 2.05) is 0 Å². The first-order valence-corrected chi connectivity index (χ1v) is 7.65. The molecule has 0 spiro atoms. The van der Waals surface area contributed by atoms with Crippen LogP contribution in [0.3, 0.4) is 0 Å². The van der Waals surface area contributed by atoms with Gasteiger partial charge in [-0.15, -0.1) is 0 Å². The van der Waals surface area contributed by atoms with Crippen LogP contribution in [-0.2, 0) is 4.74 Å². The van der Waals surface area contributed by atoms with E-state index in [9.17, 15) is 0 Å². The van der Waals surface area contributed by atoms with Gasteiger partial charge in [-0.05, 0) is 42.9 Å². The van der Waals surface area contributed by atoms with Gasteiger partial charge < -0.3 is 10.5 Å². The summed E-state index contributed by atoms with van der Waals surface area (Å²) in [6.07, 6.45) is 5.32. The largest absolute Gasteiger partial charge is 0.373 e. The van der Waals surface area contributed by atoms with Gasteiger partial charge in [0.25, 0.3) is 0 Å². The molecule has 1 fully saturated rings. The van der Waals surface area contributed by atoms with Crippen LogP contribution in [0.2, 0.25) is 0 Å². The van der Waals surface area contributed by atoms with Crippen LogP contribution in [0, 0.1) is 17.3 Å². The van der Waals surface area contributed by atoms with Crippen molar-refractivity contribution >= 4 is 0 Å². The highest BCUT2D eigenvalue weighted by Gasteiger charge is 2.34. The molecule has 108 valence electrons. The van der Waals surface area contributed by atoms with Gasteiger partial charge in [-0.3, -0.25) is 0 Å². The molecule has 1 saturated carbocycles. The van der Waals surface area contributed by atoms with Crippen molar-refractivity contribution in [3.63, 3.8) is 0 Å². The summed E-state index contributed by atoms with van der Waals surface area (Å²) in [4.78, 5) is 0. The molecule has 1 rings (SSSR count). The Kier molecular flexibility index (Phi) is 5.67. The SMILES string of the molecule is CCC(N)C(OC1CC(C)CC(C)C1)C(C)(C)C. The third kappa shape index (κ3) is 4.55. The standard InChI is InChI=1S/C16H33NO/c1-7-14(17)15(16(4,5)6)18-13-9-11(2)8-12(3)10-13/h11-15H,7-10,17H2,1-6H3. The van der Waals surface area contributed by atoms with Crippen molar-refractivity contribution in [1.29, 1.82) is 0 Å². The predicted octanol–water partition coefficient (Wildman–Crippen LogP) is 3.98. The second-order valence-electron chi connectivity index (χ2n) is 7.53. The van der Waals surface area contributed by atoms with Gasteiger partial charge in [-0.1, -0.05) is 41.5 Å². The van der Waals surface area contributed by atoms with Gasteiger partial charge in [0.05, 0.1) is 12.2 Å². The molecule has 0 amide bonds. The Hall–Kier alpha value is -0.0800. The maximum atomic E-state index is 6.42. The van der Waals surface area contributed by atoms with Crippen LogP contribution < -0.4 is 5.73 Å². The molecule has 0 radical (unpaired) electrons. The number of hydrogen-bond acceptors (Lipinski definition) is 2. The molecule has 1 aliphatic rings. The van der Waals surface area contributed by atoms with Crippen LogP contribution >= 0.6 is 0 Å². The lowest BCUT2D eigenvalue weighted by molar-refractivity contribution is -0.102. The normalized spacial score (nSPS) is 33.2. The lowest BCUT2D eigenvalue weighted by Gasteiger charge is -2.40. The molecule has 0 saturated heterocycles. The molecular formula is C16H33NO. The average molecular weight is 255 g/mol. The van der Waals surface area contributed by atoms with Crippen molar-refractivity contribution in [3.05, 3.63) is 0 Å². The topological polar surface area (TPSA) is 35.2 Å². The molecule has 0 aromatic carbocycles. The molecule has 0 aliphatic heterocycles. The third-order valence-electron chi connectivity index (χ3n) is 4.19. The molecule has 4 unspecified atom stereocenters. The molecule has 18 heavy (non-hydrogen) atoms. The van der Waals surface area contributed by atoms with E-state index in [-0.39, 0.29) is 17.6 Å². The summed E-state index contributed by atoms with van der Waals surface area (Å²) in [7, 11) is 0. The van der Waals surface area contributed by atoms with Gasteiger partial charge in [0.1, 0.15) is 0 Å². The highest BCUT2D eigenvalue weighted by molar-refractivity contribution is 4.86.